The molecular weight excluding hydrogens is 248 g/mol. The number of amides is 1. The molecule has 0 radical (unpaired) electrons. The number of quaternary nitrogens is 1. The van der Waals surface area contributed by atoms with Crippen LogP contribution < -0.4 is 17.7 Å². The fraction of sp³-hybridized carbons (Fsp3) is 0.500. The van der Waals surface area contributed by atoms with Gasteiger partial charge in [-0.3, -0.25) is 4.79 Å². The van der Waals surface area contributed by atoms with Crippen LogP contribution in [0.5, 0.6) is 0 Å². The van der Waals surface area contributed by atoms with E-state index in [9.17, 15) is 4.79 Å². The van der Waals surface area contributed by atoms with Crippen molar-refractivity contribution < 1.29 is 21.7 Å². The van der Waals surface area contributed by atoms with E-state index in [0.29, 0.717) is 6.67 Å². The average molecular weight is 271 g/mol. The lowest BCUT2D eigenvalue weighted by Gasteiger charge is -2.35. The number of hydrogen-bond acceptors (Lipinski definition) is 1. The Hall–Kier alpha value is -1.06. The molecule has 1 amide bonds. The second-order valence-electron chi connectivity index (χ2n) is 4.32. The third-order valence-corrected chi connectivity index (χ3v) is 3.62. The van der Waals surface area contributed by atoms with Gasteiger partial charge < -0.3 is 22.2 Å². The molecule has 0 aromatic heterocycles. The number of carbonyl (C=O) groups excluding carboxylic acids is 1. The van der Waals surface area contributed by atoms with Gasteiger partial charge in [-0.25, -0.2) is 0 Å². The first-order valence-corrected chi connectivity index (χ1v) is 6.35. The summed E-state index contributed by atoms with van der Waals surface area (Å²) in [7, 11) is 0. The molecule has 0 aliphatic carbocycles. The molecule has 0 heterocycles. The van der Waals surface area contributed by atoms with E-state index >= 15 is 0 Å². The standard InChI is InChI=1S/C14H22N2O.ClH/c1-4-16(5-2,6-3)12-15-14(17)13-10-8-7-9-11-13;/h7-11H,4-6,12H2,1-3H3;1H. The second-order valence-corrected chi connectivity index (χ2v) is 4.32. The lowest BCUT2D eigenvalue weighted by atomic mass is 10.2. The van der Waals surface area contributed by atoms with Gasteiger partial charge in [-0.2, -0.15) is 0 Å². The second kappa shape index (κ2) is 8.11. The van der Waals surface area contributed by atoms with E-state index in [4.69, 9.17) is 0 Å². The topological polar surface area (TPSA) is 29.1 Å². The van der Waals surface area contributed by atoms with E-state index in [1.165, 1.54) is 0 Å². The van der Waals surface area contributed by atoms with E-state index in [1.54, 1.807) is 0 Å². The zero-order valence-electron chi connectivity index (χ0n) is 11.4. The van der Waals surface area contributed by atoms with Gasteiger partial charge in [-0.15, -0.1) is 0 Å². The number of benzene rings is 1. The Morgan fingerprint density at radius 3 is 2.00 bits per heavy atom. The molecule has 0 saturated carbocycles. The van der Waals surface area contributed by atoms with Crippen LogP contribution in [0.4, 0.5) is 0 Å². The average Bonchev–Trinajstić information content (AvgIpc) is 2.41. The van der Waals surface area contributed by atoms with Crippen LogP contribution in [0.15, 0.2) is 30.3 Å². The van der Waals surface area contributed by atoms with Gasteiger partial charge in [0.25, 0.3) is 5.91 Å². The highest BCUT2D eigenvalue weighted by molar-refractivity contribution is 5.93. The van der Waals surface area contributed by atoms with Gasteiger partial charge in [0.15, 0.2) is 6.67 Å². The molecule has 4 heteroatoms. The summed E-state index contributed by atoms with van der Waals surface area (Å²) in [5.74, 6) is 0.0171. The van der Waals surface area contributed by atoms with Crippen LogP contribution in [0, 0.1) is 0 Å². The number of rotatable bonds is 6. The molecule has 0 atom stereocenters. The zero-order chi connectivity index (χ0) is 12.7. The largest absolute Gasteiger partial charge is 1.00 e. The van der Waals surface area contributed by atoms with Crippen molar-refractivity contribution in [1.82, 2.24) is 5.32 Å². The first-order chi connectivity index (χ1) is 8.17. The highest BCUT2D eigenvalue weighted by Gasteiger charge is 2.21. The van der Waals surface area contributed by atoms with Crippen LogP contribution in [0.25, 0.3) is 0 Å². The monoisotopic (exact) mass is 270 g/mol. The maximum Gasteiger partial charge on any atom is 0.255 e. The van der Waals surface area contributed by atoms with Gasteiger partial charge in [-0.1, -0.05) is 18.2 Å². The molecular formula is C14H23ClN2O. The van der Waals surface area contributed by atoms with Crippen molar-refractivity contribution in [3.8, 4) is 0 Å². The van der Waals surface area contributed by atoms with Crippen LogP contribution in [0.2, 0.25) is 0 Å². The smallest absolute Gasteiger partial charge is 0.255 e. The number of carbonyl (C=O) groups is 1. The first-order valence-electron chi connectivity index (χ1n) is 6.35. The Morgan fingerprint density at radius 1 is 1.06 bits per heavy atom. The van der Waals surface area contributed by atoms with Gasteiger partial charge in [0.2, 0.25) is 0 Å². The predicted molar refractivity (Wildman–Crippen MR) is 70.7 cm³/mol. The normalized spacial score (nSPS) is 10.6. The molecule has 0 aliphatic rings. The van der Waals surface area contributed by atoms with Crippen LogP contribution in [-0.4, -0.2) is 36.7 Å². The van der Waals surface area contributed by atoms with Gasteiger partial charge in [-0.05, 0) is 32.9 Å². The molecule has 1 N–H and O–H groups in total. The summed E-state index contributed by atoms with van der Waals surface area (Å²) in [6, 6.07) is 9.37. The molecule has 102 valence electrons. The van der Waals surface area contributed by atoms with Gasteiger partial charge in [0.1, 0.15) is 0 Å². The highest BCUT2D eigenvalue weighted by atomic mass is 35.5. The highest BCUT2D eigenvalue weighted by Crippen LogP contribution is 2.04. The van der Waals surface area contributed by atoms with E-state index in [-0.39, 0.29) is 18.3 Å². The van der Waals surface area contributed by atoms with Crippen molar-refractivity contribution >= 4 is 5.91 Å². The molecule has 1 rings (SSSR count). The van der Waals surface area contributed by atoms with Crippen molar-refractivity contribution in [2.45, 2.75) is 20.8 Å². The van der Waals surface area contributed by atoms with Crippen molar-refractivity contribution in [3.05, 3.63) is 35.9 Å². The SMILES string of the molecule is CC[N+](CC)(CC)CNC(=O)c1ccccc1.[Cl-]. The van der Waals surface area contributed by atoms with Gasteiger partial charge in [0.05, 0.1) is 19.6 Å². The maximum absolute atomic E-state index is 11.9. The summed E-state index contributed by atoms with van der Waals surface area (Å²) in [6.45, 7) is 10.3. The van der Waals surface area contributed by atoms with E-state index in [1.807, 2.05) is 30.3 Å². The minimum absolute atomic E-state index is 0. The number of hydrogen-bond donors (Lipinski definition) is 1. The van der Waals surface area contributed by atoms with Crippen molar-refractivity contribution in [1.29, 1.82) is 0 Å². The lowest BCUT2D eigenvalue weighted by Crippen LogP contribution is -3.00. The Kier molecular flexibility index (Phi) is 7.64. The molecule has 0 saturated heterocycles. The summed E-state index contributed by atoms with van der Waals surface area (Å²) in [5, 5.41) is 3.03. The fourth-order valence-electron chi connectivity index (χ4n) is 1.94. The Labute approximate surface area is 116 Å². The van der Waals surface area contributed by atoms with Crippen LogP contribution >= 0.6 is 0 Å². The Morgan fingerprint density at radius 2 is 1.56 bits per heavy atom. The van der Waals surface area contributed by atoms with Crippen LogP contribution in [-0.2, 0) is 0 Å². The first kappa shape index (κ1) is 16.9. The molecule has 0 spiro atoms. The summed E-state index contributed by atoms with van der Waals surface area (Å²) in [4.78, 5) is 11.9. The molecule has 3 nitrogen and oxygen atoms in total. The number of nitrogens with zero attached hydrogens (tertiary/aromatic N) is 1. The molecule has 18 heavy (non-hydrogen) atoms. The third kappa shape index (κ3) is 4.31. The quantitative estimate of drug-likeness (QED) is 0.535. The lowest BCUT2D eigenvalue weighted by molar-refractivity contribution is -0.924. The zero-order valence-corrected chi connectivity index (χ0v) is 12.2. The van der Waals surface area contributed by atoms with Crippen molar-refractivity contribution in [3.63, 3.8) is 0 Å². The maximum atomic E-state index is 11.9. The molecule has 0 aliphatic heterocycles. The molecule has 1 aromatic carbocycles. The van der Waals surface area contributed by atoms with E-state index in [2.05, 4.69) is 26.1 Å². The molecule has 1 aromatic rings. The molecule has 0 fully saturated rings. The van der Waals surface area contributed by atoms with Crippen molar-refractivity contribution in [2.75, 3.05) is 26.3 Å². The van der Waals surface area contributed by atoms with Crippen LogP contribution in [0.3, 0.4) is 0 Å². The Bertz CT molecular complexity index is 342. The van der Waals surface area contributed by atoms with Gasteiger partial charge in [0, 0.05) is 5.56 Å². The fourth-order valence-corrected chi connectivity index (χ4v) is 1.94. The minimum Gasteiger partial charge on any atom is -1.00 e. The minimum atomic E-state index is 0. The van der Waals surface area contributed by atoms with Crippen molar-refractivity contribution in [2.24, 2.45) is 0 Å². The van der Waals surface area contributed by atoms with E-state index in [0.717, 1.165) is 29.7 Å². The third-order valence-electron chi connectivity index (χ3n) is 3.62. The summed E-state index contributed by atoms with van der Waals surface area (Å²) in [6.07, 6.45) is 0. The number of nitrogens with one attached hydrogen (secondary N) is 1. The Balaban J connectivity index is 0.00000289. The van der Waals surface area contributed by atoms with E-state index < -0.39 is 0 Å². The van der Waals surface area contributed by atoms with Gasteiger partial charge >= 0.3 is 0 Å². The predicted octanol–water partition coefficient (Wildman–Crippen LogP) is -0.746. The summed E-state index contributed by atoms with van der Waals surface area (Å²) < 4.78 is 0.929. The molecule has 0 bridgehead atoms. The van der Waals surface area contributed by atoms with Crippen LogP contribution in [0.1, 0.15) is 31.1 Å². The molecule has 0 unspecified atom stereocenters. The number of halogens is 1. The summed E-state index contributed by atoms with van der Waals surface area (Å²) in [5.41, 5.74) is 0.730. The summed E-state index contributed by atoms with van der Waals surface area (Å²) >= 11 is 0.